The quantitative estimate of drug-likeness (QED) is 0.867. The van der Waals surface area contributed by atoms with Crippen LogP contribution in [0.2, 0.25) is 0 Å². The van der Waals surface area contributed by atoms with Crippen LogP contribution in [0, 0.1) is 5.41 Å². The summed E-state index contributed by atoms with van der Waals surface area (Å²) in [5, 5.41) is 9.16. The molecule has 1 heterocycles. The minimum atomic E-state index is -0.740. The van der Waals surface area contributed by atoms with Gasteiger partial charge in [0, 0.05) is 6.54 Å². The predicted octanol–water partition coefficient (Wildman–Crippen LogP) is 2.98. The van der Waals surface area contributed by atoms with Gasteiger partial charge in [-0.1, -0.05) is 24.3 Å². The third kappa shape index (κ3) is 4.07. The fraction of sp³-hybridized carbons (Fsp3) is 0.588. The summed E-state index contributed by atoms with van der Waals surface area (Å²) in [4.78, 5) is 13.7. The molecule has 0 radical (unpaired) electrons. The molecule has 0 amide bonds. The number of aliphatic carboxylic acids is 1. The number of hydrogen-bond acceptors (Lipinski definition) is 2. The third-order valence-electron chi connectivity index (χ3n) is 4.16. The summed E-state index contributed by atoms with van der Waals surface area (Å²) >= 11 is 0. The molecule has 2 rings (SSSR count). The van der Waals surface area contributed by atoms with E-state index in [1.807, 2.05) is 0 Å². The van der Waals surface area contributed by atoms with Gasteiger partial charge in [-0.25, -0.2) is 0 Å². The normalized spacial score (nSPS) is 16.5. The molecule has 1 aliphatic heterocycles. The van der Waals surface area contributed by atoms with E-state index in [1.165, 1.54) is 31.5 Å². The monoisotopic (exact) mass is 275 g/mol. The van der Waals surface area contributed by atoms with Gasteiger partial charge in [0.15, 0.2) is 0 Å². The van der Waals surface area contributed by atoms with Gasteiger partial charge in [-0.2, -0.15) is 0 Å². The van der Waals surface area contributed by atoms with E-state index in [0.29, 0.717) is 6.42 Å². The van der Waals surface area contributed by atoms with Crippen LogP contribution in [0.3, 0.4) is 0 Å². The summed E-state index contributed by atoms with van der Waals surface area (Å²) in [5.74, 6) is -0.740. The zero-order valence-corrected chi connectivity index (χ0v) is 12.6. The molecule has 1 fully saturated rings. The maximum absolute atomic E-state index is 11.1. The van der Waals surface area contributed by atoms with E-state index in [9.17, 15) is 4.79 Å². The second kappa shape index (κ2) is 6.40. The fourth-order valence-corrected chi connectivity index (χ4v) is 2.70. The topological polar surface area (TPSA) is 40.5 Å². The number of likely N-dealkylation sites (tertiary alicyclic amines) is 1. The molecule has 0 saturated carbocycles. The molecular formula is C17H25NO2. The first-order valence-electron chi connectivity index (χ1n) is 7.51. The lowest BCUT2D eigenvalue weighted by Gasteiger charge is -2.19. The number of benzene rings is 1. The molecule has 0 spiro atoms. The number of hydrogen-bond donors (Lipinski definition) is 1. The molecule has 0 aliphatic carbocycles. The average molecular weight is 275 g/mol. The SMILES string of the molecule is CC(C)(Cc1ccc(CCN2CCCC2)cc1)C(=O)O. The Labute approximate surface area is 121 Å². The summed E-state index contributed by atoms with van der Waals surface area (Å²) < 4.78 is 0. The number of carboxylic acid groups (broad SMARTS) is 1. The summed E-state index contributed by atoms with van der Waals surface area (Å²) in [5.41, 5.74) is 1.74. The second-order valence-electron chi connectivity index (χ2n) is 6.48. The van der Waals surface area contributed by atoms with Crippen molar-refractivity contribution >= 4 is 5.97 Å². The second-order valence-corrected chi connectivity index (χ2v) is 6.48. The van der Waals surface area contributed by atoms with Gasteiger partial charge in [0.2, 0.25) is 0 Å². The molecule has 0 aromatic heterocycles. The first-order chi connectivity index (χ1) is 9.47. The highest BCUT2D eigenvalue weighted by Gasteiger charge is 2.27. The van der Waals surface area contributed by atoms with Crippen LogP contribution < -0.4 is 0 Å². The minimum absolute atomic E-state index is 0.578. The van der Waals surface area contributed by atoms with Crippen LogP contribution in [-0.2, 0) is 17.6 Å². The van der Waals surface area contributed by atoms with Crippen LogP contribution in [0.15, 0.2) is 24.3 Å². The van der Waals surface area contributed by atoms with Crippen molar-refractivity contribution in [3.63, 3.8) is 0 Å². The Balaban J connectivity index is 1.87. The Morgan fingerprint density at radius 1 is 1.15 bits per heavy atom. The van der Waals surface area contributed by atoms with Gasteiger partial charge in [0.25, 0.3) is 0 Å². The molecule has 0 bridgehead atoms. The smallest absolute Gasteiger partial charge is 0.309 e. The number of carbonyl (C=O) groups is 1. The summed E-state index contributed by atoms with van der Waals surface area (Å²) in [6, 6.07) is 8.43. The molecule has 1 aromatic carbocycles. The molecule has 0 atom stereocenters. The van der Waals surface area contributed by atoms with Crippen LogP contribution in [0.25, 0.3) is 0 Å². The fourth-order valence-electron chi connectivity index (χ4n) is 2.70. The van der Waals surface area contributed by atoms with Crippen molar-refractivity contribution in [3.8, 4) is 0 Å². The van der Waals surface area contributed by atoms with Crippen molar-refractivity contribution < 1.29 is 9.90 Å². The largest absolute Gasteiger partial charge is 0.481 e. The van der Waals surface area contributed by atoms with Gasteiger partial charge in [-0.05, 0) is 63.7 Å². The van der Waals surface area contributed by atoms with Crippen molar-refractivity contribution in [2.24, 2.45) is 5.41 Å². The lowest BCUT2D eigenvalue weighted by molar-refractivity contribution is -0.146. The van der Waals surface area contributed by atoms with Crippen LogP contribution in [0.4, 0.5) is 0 Å². The van der Waals surface area contributed by atoms with Crippen LogP contribution in [0.1, 0.15) is 37.8 Å². The summed E-state index contributed by atoms with van der Waals surface area (Å²) in [6.07, 6.45) is 4.34. The first kappa shape index (κ1) is 15.0. The summed E-state index contributed by atoms with van der Waals surface area (Å²) in [7, 11) is 0. The molecule has 1 aliphatic rings. The highest BCUT2D eigenvalue weighted by molar-refractivity contribution is 5.74. The highest BCUT2D eigenvalue weighted by atomic mass is 16.4. The van der Waals surface area contributed by atoms with Gasteiger partial charge in [0.05, 0.1) is 5.41 Å². The zero-order valence-electron chi connectivity index (χ0n) is 12.6. The van der Waals surface area contributed by atoms with Crippen molar-refractivity contribution in [1.29, 1.82) is 0 Å². The van der Waals surface area contributed by atoms with E-state index in [-0.39, 0.29) is 0 Å². The Bertz CT molecular complexity index is 445. The Kier molecular flexibility index (Phi) is 4.81. The Hall–Kier alpha value is -1.35. The summed E-state index contributed by atoms with van der Waals surface area (Å²) in [6.45, 7) is 7.17. The molecular weight excluding hydrogens is 250 g/mol. The number of nitrogens with zero attached hydrogens (tertiary/aromatic N) is 1. The van der Waals surface area contributed by atoms with Crippen molar-refractivity contribution in [3.05, 3.63) is 35.4 Å². The molecule has 20 heavy (non-hydrogen) atoms. The van der Waals surface area contributed by atoms with Crippen molar-refractivity contribution in [2.45, 2.75) is 39.5 Å². The van der Waals surface area contributed by atoms with E-state index < -0.39 is 11.4 Å². The van der Waals surface area contributed by atoms with E-state index >= 15 is 0 Å². The van der Waals surface area contributed by atoms with Gasteiger partial charge in [-0.3, -0.25) is 4.79 Å². The molecule has 1 N–H and O–H groups in total. The van der Waals surface area contributed by atoms with Crippen LogP contribution >= 0.6 is 0 Å². The predicted molar refractivity (Wildman–Crippen MR) is 80.9 cm³/mol. The van der Waals surface area contributed by atoms with Crippen molar-refractivity contribution in [2.75, 3.05) is 19.6 Å². The molecule has 0 unspecified atom stereocenters. The van der Waals surface area contributed by atoms with Crippen molar-refractivity contribution in [1.82, 2.24) is 4.90 Å². The van der Waals surface area contributed by atoms with Gasteiger partial charge in [0.1, 0.15) is 0 Å². The standard InChI is InChI=1S/C17H25NO2/c1-17(2,16(19)20)13-15-7-5-14(6-8-15)9-12-18-10-3-4-11-18/h5-8H,3-4,9-13H2,1-2H3,(H,19,20). The van der Waals surface area contributed by atoms with Crippen LogP contribution in [0.5, 0.6) is 0 Å². The van der Waals surface area contributed by atoms with E-state index in [4.69, 9.17) is 5.11 Å². The highest BCUT2D eigenvalue weighted by Crippen LogP contribution is 2.22. The average Bonchev–Trinajstić information content (AvgIpc) is 2.90. The molecule has 3 nitrogen and oxygen atoms in total. The molecule has 3 heteroatoms. The van der Waals surface area contributed by atoms with Gasteiger partial charge < -0.3 is 10.0 Å². The van der Waals surface area contributed by atoms with Gasteiger partial charge >= 0.3 is 5.97 Å². The molecule has 1 aromatic rings. The van der Waals surface area contributed by atoms with Crippen LogP contribution in [-0.4, -0.2) is 35.6 Å². The minimum Gasteiger partial charge on any atom is -0.481 e. The Morgan fingerprint density at radius 3 is 2.25 bits per heavy atom. The maximum atomic E-state index is 11.1. The number of rotatable bonds is 6. The number of carboxylic acids is 1. The maximum Gasteiger partial charge on any atom is 0.309 e. The van der Waals surface area contributed by atoms with Gasteiger partial charge in [-0.15, -0.1) is 0 Å². The van der Waals surface area contributed by atoms with E-state index in [1.54, 1.807) is 13.8 Å². The van der Waals surface area contributed by atoms with E-state index in [2.05, 4.69) is 29.2 Å². The van der Waals surface area contributed by atoms with E-state index in [0.717, 1.165) is 18.5 Å². The zero-order chi connectivity index (χ0) is 14.6. The first-order valence-corrected chi connectivity index (χ1v) is 7.51. The third-order valence-corrected chi connectivity index (χ3v) is 4.16. The molecule has 110 valence electrons. The lowest BCUT2D eigenvalue weighted by Crippen LogP contribution is -2.26. The lowest BCUT2D eigenvalue weighted by atomic mass is 9.86. The molecule has 1 saturated heterocycles. The Morgan fingerprint density at radius 2 is 1.70 bits per heavy atom.